The molecule has 0 fully saturated rings. The first-order chi connectivity index (χ1) is 8.54. The minimum absolute atomic E-state index is 0.206. The van der Waals surface area contributed by atoms with Crippen molar-refractivity contribution in [3.05, 3.63) is 35.4 Å². The van der Waals surface area contributed by atoms with E-state index in [-0.39, 0.29) is 6.54 Å². The predicted octanol–water partition coefficient (Wildman–Crippen LogP) is 2.70. The lowest BCUT2D eigenvalue weighted by atomic mass is 10.1. The Bertz CT molecular complexity index is 410. The molecule has 0 heterocycles. The lowest BCUT2D eigenvalue weighted by Crippen LogP contribution is -2.36. The molecule has 1 rings (SSSR count). The number of carboxylic acids is 1. The number of carbonyl (C=O) groups is 1. The summed E-state index contributed by atoms with van der Waals surface area (Å²) in [6.45, 7) is 2.19. The van der Waals surface area contributed by atoms with Crippen LogP contribution in [0.5, 0.6) is 0 Å². The molecule has 1 unspecified atom stereocenters. The lowest BCUT2D eigenvalue weighted by Gasteiger charge is -2.14. The Morgan fingerprint density at radius 1 is 1.39 bits per heavy atom. The summed E-state index contributed by atoms with van der Waals surface area (Å²) in [5, 5.41) is 11.8. The van der Waals surface area contributed by atoms with Gasteiger partial charge in [-0.05, 0) is 24.1 Å². The summed E-state index contributed by atoms with van der Waals surface area (Å²) in [6, 6.07) is 2.89. The first-order valence-corrected chi connectivity index (χ1v) is 5.94. The average molecular weight is 257 g/mol. The van der Waals surface area contributed by atoms with Crippen LogP contribution in [0.3, 0.4) is 0 Å². The van der Waals surface area contributed by atoms with E-state index >= 15 is 0 Å². The average Bonchev–Trinajstić information content (AvgIpc) is 2.33. The number of halogens is 2. The van der Waals surface area contributed by atoms with Gasteiger partial charge in [0.1, 0.15) is 6.04 Å². The Morgan fingerprint density at radius 3 is 2.67 bits per heavy atom. The Labute approximate surface area is 105 Å². The summed E-state index contributed by atoms with van der Waals surface area (Å²) in [4.78, 5) is 11.0. The number of rotatable bonds is 7. The molecule has 0 bridgehead atoms. The summed E-state index contributed by atoms with van der Waals surface area (Å²) in [5.41, 5.74) is 0.525. The second-order valence-electron chi connectivity index (χ2n) is 4.16. The lowest BCUT2D eigenvalue weighted by molar-refractivity contribution is -0.139. The van der Waals surface area contributed by atoms with Crippen LogP contribution in [-0.4, -0.2) is 17.1 Å². The van der Waals surface area contributed by atoms with Crippen LogP contribution in [0.15, 0.2) is 18.2 Å². The fourth-order valence-corrected chi connectivity index (χ4v) is 1.61. The van der Waals surface area contributed by atoms with Crippen LogP contribution in [0.2, 0.25) is 0 Å². The van der Waals surface area contributed by atoms with Gasteiger partial charge in [-0.2, -0.15) is 0 Å². The molecule has 1 atom stereocenters. The van der Waals surface area contributed by atoms with Crippen molar-refractivity contribution in [3.8, 4) is 0 Å². The van der Waals surface area contributed by atoms with Gasteiger partial charge in [0.2, 0.25) is 0 Å². The quantitative estimate of drug-likeness (QED) is 0.789. The zero-order chi connectivity index (χ0) is 13.5. The highest BCUT2D eigenvalue weighted by Gasteiger charge is 2.15. The number of nitrogens with one attached hydrogen (secondary N) is 1. The smallest absolute Gasteiger partial charge is 0.320 e. The van der Waals surface area contributed by atoms with Gasteiger partial charge in [0, 0.05) is 6.54 Å². The molecule has 0 aliphatic carbocycles. The van der Waals surface area contributed by atoms with Crippen molar-refractivity contribution in [1.29, 1.82) is 0 Å². The molecule has 0 saturated heterocycles. The van der Waals surface area contributed by atoms with Crippen LogP contribution in [-0.2, 0) is 11.3 Å². The molecule has 5 heteroatoms. The molecule has 18 heavy (non-hydrogen) atoms. The highest BCUT2D eigenvalue weighted by Crippen LogP contribution is 2.09. The summed E-state index contributed by atoms with van der Waals surface area (Å²) >= 11 is 0. The SMILES string of the molecule is CCCCC(NCc1ccc(F)c(F)c1)C(=O)O. The van der Waals surface area contributed by atoms with Crippen LogP contribution in [0.4, 0.5) is 8.78 Å². The number of benzene rings is 1. The van der Waals surface area contributed by atoms with E-state index in [2.05, 4.69) is 5.32 Å². The molecule has 0 aliphatic rings. The zero-order valence-electron chi connectivity index (χ0n) is 10.2. The molecular weight excluding hydrogens is 240 g/mol. The van der Waals surface area contributed by atoms with E-state index in [1.807, 2.05) is 6.92 Å². The van der Waals surface area contributed by atoms with Gasteiger partial charge in [0.25, 0.3) is 0 Å². The van der Waals surface area contributed by atoms with E-state index in [1.54, 1.807) is 0 Å². The van der Waals surface area contributed by atoms with Gasteiger partial charge in [-0.25, -0.2) is 8.78 Å². The predicted molar refractivity (Wildman–Crippen MR) is 64.1 cm³/mol. The first kappa shape index (κ1) is 14.6. The van der Waals surface area contributed by atoms with Crippen LogP contribution < -0.4 is 5.32 Å². The summed E-state index contributed by atoms with van der Waals surface area (Å²) in [5.74, 6) is -2.75. The fraction of sp³-hybridized carbons (Fsp3) is 0.462. The van der Waals surface area contributed by atoms with Gasteiger partial charge < -0.3 is 10.4 Å². The van der Waals surface area contributed by atoms with Gasteiger partial charge in [0.15, 0.2) is 11.6 Å². The fourth-order valence-electron chi connectivity index (χ4n) is 1.61. The van der Waals surface area contributed by atoms with Gasteiger partial charge in [-0.1, -0.05) is 25.8 Å². The number of unbranched alkanes of at least 4 members (excludes halogenated alkanes) is 1. The number of aliphatic carboxylic acids is 1. The highest BCUT2D eigenvalue weighted by molar-refractivity contribution is 5.73. The third-order valence-corrected chi connectivity index (χ3v) is 2.68. The van der Waals surface area contributed by atoms with Crippen LogP contribution >= 0.6 is 0 Å². The Morgan fingerprint density at radius 2 is 2.11 bits per heavy atom. The molecule has 3 nitrogen and oxygen atoms in total. The maximum absolute atomic E-state index is 12.9. The molecule has 0 radical (unpaired) electrons. The first-order valence-electron chi connectivity index (χ1n) is 5.94. The molecule has 0 aromatic heterocycles. The van der Waals surface area contributed by atoms with E-state index in [4.69, 9.17) is 5.11 Å². The molecule has 1 aromatic rings. The van der Waals surface area contributed by atoms with Gasteiger partial charge in [0.05, 0.1) is 0 Å². The standard InChI is InChI=1S/C13H17F2NO2/c1-2-3-4-12(13(17)18)16-8-9-5-6-10(14)11(15)7-9/h5-7,12,16H,2-4,8H2,1H3,(H,17,18). The molecule has 0 aliphatic heterocycles. The molecule has 2 N–H and O–H groups in total. The van der Waals surface area contributed by atoms with Crippen LogP contribution in [0.25, 0.3) is 0 Å². The summed E-state index contributed by atoms with van der Waals surface area (Å²) in [6.07, 6.45) is 2.24. The van der Waals surface area contributed by atoms with E-state index in [0.717, 1.165) is 25.0 Å². The van der Waals surface area contributed by atoms with Crippen molar-refractivity contribution in [2.75, 3.05) is 0 Å². The van der Waals surface area contributed by atoms with E-state index in [1.165, 1.54) is 6.07 Å². The van der Waals surface area contributed by atoms with Crippen molar-refractivity contribution in [1.82, 2.24) is 5.32 Å². The second-order valence-corrected chi connectivity index (χ2v) is 4.16. The maximum Gasteiger partial charge on any atom is 0.320 e. The highest BCUT2D eigenvalue weighted by atomic mass is 19.2. The minimum atomic E-state index is -0.925. The Hall–Kier alpha value is -1.49. The summed E-state index contributed by atoms with van der Waals surface area (Å²) < 4.78 is 25.6. The molecular formula is C13H17F2NO2. The summed E-state index contributed by atoms with van der Waals surface area (Å²) in [7, 11) is 0. The Kier molecular flexibility index (Phi) is 5.71. The van der Waals surface area contributed by atoms with Gasteiger partial charge >= 0.3 is 5.97 Å². The molecule has 100 valence electrons. The molecule has 1 aromatic carbocycles. The Balaban J connectivity index is 2.55. The number of hydrogen-bond donors (Lipinski definition) is 2. The van der Waals surface area contributed by atoms with Gasteiger partial charge in [-0.3, -0.25) is 4.79 Å². The van der Waals surface area contributed by atoms with Crippen LogP contribution in [0, 0.1) is 11.6 Å². The van der Waals surface area contributed by atoms with E-state index < -0.39 is 23.6 Å². The minimum Gasteiger partial charge on any atom is -0.480 e. The molecule has 0 spiro atoms. The van der Waals surface area contributed by atoms with E-state index in [9.17, 15) is 13.6 Å². The van der Waals surface area contributed by atoms with Crippen molar-refractivity contribution in [2.45, 2.75) is 38.8 Å². The van der Waals surface area contributed by atoms with Crippen molar-refractivity contribution in [3.63, 3.8) is 0 Å². The van der Waals surface area contributed by atoms with Crippen molar-refractivity contribution in [2.24, 2.45) is 0 Å². The largest absolute Gasteiger partial charge is 0.480 e. The van der Waals surface area contributed by atoms with Crippen molar-refractivity contribution < 1.29 is 18.7 Å². The van der Waals surface area contributed by atoms with Crippen molar-refractivity contribution >= 4 is 5.97 Å². The van der Waals surface area contributed by atoms with E-state index in [0.29, 0.717) is 12.0 Å². The third-order valence-electron chi connectivity index (χ3n) is 2.68. The van der Waals surface area contributed by atoms with Crippen LogP contribution in [0.1, 0.15) is 31.7 Å². The van der Waals surface area contributed by atoms with Gasteiger partial charge in [-0.15, -0.1) is 0 Å². The third kappa shape index (κ3) is 4.41. The maximum atomic E-state index is 12.9. The number of carboxylic acid groups (broad SMARTS) is 1. The molecule has 0 saturated carbocycles. The monoisotopic (exact) mass is 257 g/mol. The second kappa shape index (κ2) is 7.06. The number of hydrogen-bond acceptors (Lipinski definition) is 2. The molecule has 0 amide bonds. The zero-order valence-corrected chi connectivity index (χ0v) is 10.2. The normalized spacial score (nSPS) is 12.4. The topological polar surface area (TPSA) is 49.3 Å².